The number of esters is 1. The number of Topliss-reactive ketones (excluding diaryl/α,β-unsaturated/α-hetero) is 1. The number of nitrogens with zero attached hydrogens (tertiary/aromatic N) is 3. The van der Waals surface area contributed by atoms with E-state index in [-0.39, 0.29) is 29.4 Å². The van der Waals surface area contributed by atoms with Crippen LogP contribution in [-0.2, 0) is 23.9 Å². The van der Waals surface area contributed by atoms with E-state index in [0.717, 1.165) is 38.8 Å². The van der Waals surface area contributed by atoms with Crippen LogP contribution in [0.2, 0.25) is 0 Å². The van der Waals surface area contributed by atoms with Crippen LogP contribution in [0.3, 0.4) is 0 Å². The fraction of sp³-hybridized carbons (Fsp3) is 0.885. The Bertz CT molecular complexity index is 705. The molecule has 0 aromatic rings. The lowest BCUT2D eigenvalue weighted by Crippen LogP contribution is -2.58. The lowest BCUT2D eigenvalue weighted by Gasteiger charge is -2.47. The summed E-state index contributed by atoms with van der Waals surface area (Å²) < 4.78 is 11.5. The first kappa shape index (κ1) is 28.7. The van der Waals surface area contributed by atoms with Crippen LogP contribution in [0.5, 0.6) is 0 Å². The number of carbonyl (C=O) groups is 3. The average molecular weight is 482 g/mol. The number of rotatable bonds is 5. The lowest BCUT2D eigenvalue weighted by atomic mass is 9.86. The molecule has 2 atom stereocenters. The van der Waals surface area contributed by atoms with Crippen molar-refractivity contribution in [3.05, 3.63) is 0 Å². The van der Waals surface area contributed by atoms with E-state index in [4.69, 9.17) is 9.47 Å². The molecule has 1 unspecified atom stereocenters. The van der Waals surface area contributed by atoms with Crippen molar-refractivity contribution in [1.29, 1.82) is 0 Å². The number of hydrogen-bond donors (Lipinski definition) is 0. The fourth-order valence-electron chi connectivity index (χ4n) is 5.15. The molecule has 1 amide bonds. The van der Waals surface area contributed by atoms with Gasteiger partial charge in [-0.2, -0.15) is 0 Å². The molecule has 0 aromatic carbocycles. The van der Waals surface area contributed by atoms with Crippen LogP contribution >= 0.6 is 0 Å². The number of ether oxygens (including phenoxy) is 2. The van der Waals surface area contributed by atoms with Crippen molar-refractivity contribution in [2.45, 2.75) is 77.4 Å². The highest BCUT2D eigenvalue weighted by molar-refractivity contribution is 5.98. The van der Waals surface area contributed by atoms with Crippen molar-refractivity contribution in [2.24, 2.45) is 11.8 Å². The molecular formula is C26H47N3O5. The zero-order valence-electron chi connectivity index (χ0n) is 22.5. The predicted octanol–water partition coefficient (Wildman–Crippen LogP) is 2.59. The van der Waals surface area contributed by atoms with Crippen LogP contribution in [0.4, 0.5) is 0 Å². The third-order valence-corrected chi connectivity index (χ3v) is 7.85. The van der Waals surface area contributed by atoms with Crippen molar-refractivity contribution >= 4 is 17.7 Å². The van der Waals surface area contributed by atoms with Crippen LogP contribution < -0.4 is 0 Å². The number of piperidine rings is 1. The molecule has 8 nitrogen and oxygen atoms in total. The highest BCUT2D eigenvalue weighted by Gasteiger charge is 2.41. The highest BCUT2D eigenvalue weighted by atomic mass is 16.5. The van der Waals surface area contributed by atoms with Gasteiger partial charge in [0, 0.05) is 33.2 Å². The maximum atomic E-state index is 12.9. The largest absolute Gasteiger partial charge is 0.463 e. The van der Waals surface area contributed by atoms with E-state index in [9.17, 15) is 14.4 Å². The Kier molecular flexibility index (Phi) is 10.5. The first-order chi connectivity index (χ1) is 15.9. The van der Waals surface area contributed by atoms with Gasteiger partial charge in [-0.15, -0.1) is 0 Å². The van der Waals surface area contributed by atoms with E-state index in [1.54, 1.807) is 14.0 Å². The molecule has 0 radical (unpaired) electrons. The summed E-state index contributed by atoms with van der Waals surface area (Å²) in [6, 6.07) is 0. The van der Waals surface area contributed by atoms with E-state index in [1.165, 1.54) is 0 Å². The van der Waals surface area contributed by atoms with Crippen LogP contribution in [0.1, 0.15) is 66.2 Å². The minimum atomic E-state index is -0.776. The zero-order valence-corrected chi connectivity index (χ0v) is 22.5. The van der Waals surface area contributed by atoms with Crippen LogP contribution in [0, 0.1) is 11.8 Å². The van der Waals surface area contributed by atoms with Gasteiger partial charge >= 0.3 is 5.97 Å². The standard InChI is InChI=1S/C26H47N3O5/c1-20(2)17-27(5)18-23(31)29-15-12-26(13-16-29)19-34-24(32)21(3)22(30)9-11-25(4,33-7)10-8-14-28(26)6/h20-21H,8-19H2,1-7H3/t21?,25-/m1/s1. The number of cyclic esters (lactones) is 1. The van der Waals surface area contributed by atoms with Gasteiger partial charge in [-0.25, -0.2) is 0 Å². The quantitative estimate of drug-likeness (QED) is 0.441. The van der Waals surface area contributed by atoms with Gasteiger partial charge in [0.15, 0.2) is 0 Å². The minimum Gasteiger partial charge on any atom is -0.463 e. The topological polar surface area (TPSA) is 79.4 Å². The molecule has 196 valence electrons. The van der Waals surface area contributed by atoms with Crippen molar-refractivity contribution < 1.29 is 23.9 Å². The summed E-state index contributed by atoms with van der Waals surface area (Å²) in [5.41, 5.74) is -0.726. The number of methoxy groups -OCH3 is 1. The van der Waals surface area contributed by atoms with Gasteiger partial charge in [0.25, 0.3) is 0 Å². The molecule has 0 N–H and O–H groups in total. The predicted molar refractivity (Wildman–Crippen MR) is 133 cm³/mol. The van der Waals surface area contributed by atoms with Gasteiger partial charge in [0.1, 0.15) is 18.3 Å². The summed E-state index contributed by atoms with van der Waals surface area (Å²) in [7, 11) is 5.76. The Morgan fingerprint density at radius 1 is 1.18 bits per heavy atom. The Hall–Kier alpha value is -1.51. The number of likely N-dealkylation sites (tertiary alicyclic amines) is 1. The van der Waals surface area contributed by atoms with Gasteiger partial charge in [0.2, 0.25) is 5.91 Å². The highest BCUT2D eigenvalue weighted by Crippen LogP contribution is 2.31. The van der Waals surface area contributed by atoms with Crippen LogP contribution in [0.25, 0.3) is 0 Å². The number of hydrogen-bond acceptors (Lipinski definition) is 7. The van der Waals surface area contributed by atoms with Crippen molar-refractivity contribution in [3.8, 4) is 0 Å². The van der Waals surface area contributed by atoms with E-state index in [2.05, 4.69) is 30.7 Å². The molecule has 0 aromatic heterocycles. The molecule has 2 heterocycles. The third kappa shape index (κ3) is 7.75. The summed E-state index contributed by atoms with van der Waals surface area (Å²) in [5.74, 6) is -0.661. The van der Waals surface area contributed by atoms with Gasteiger partial charge in [0.05, 0.1) is 17.7 Å². The molecule has 0 aliphatic carbocycles. The molecule has 0 saturated carbocycles. The monoisotopic (exact) mass is 481 g/mol. The first-order valence-electron chi connectivity index (χ1n) is 12.8. The second kappa shape index (κ2) is 12.5. The van der Waals surface area contributed by atoms with Crippen molar-refractivity contribution in [3.63, 3.8) is 0 Å². The number of amides is 1. The molecule has 2 aliphatic rings. The Morgan fingerprint density at radius 3 is 2.41 bits per heavy atom. The van der Waals surface area contributed by atoms with E-state index >= 15 is 0 Å². The molecule has 34 heavy (non-hydrogen) atoms. The van der Waals surface area contributed by atoms with Gasteiger partial charge in [-0.05, 0) is 72.5 Å². The normalized spacial score (nSPS) is 27.9. The molecule has 1 spiro atoms. The Morgan fingerprint density at radius 2 is 1.82 bits per heavy atom. The minimum absolute atomic E-state index is 0.0964. The van der Waals surface area contributed by atoms with Gasteiger partial charge in [-0.1, -0.05) is 13.8 Å². The smallest absolute Gasteiger partial charge is 0.316 e. The average Bonchev–Trinajstić information content (AvgIpc) is 2.79. The molecule has 2 aliphatic heterocycles. The summed E-state index contributed by atoms with van der Waals surface area (Å²) >= 11 is 0. The summed E-state index contributed by atoms with van der Waals surface area (Å²) in [6.07, 6.45) is 4.14. The molecule has 0 bridgehead atoms. The fourth-order valence-corrected chi connectivity index (χ4v) is 5.15. The second-order valence-corrected chi connectivity index (χ2v) is 11.2. The van der Waals surface area contributed by atoms with Gasteiger partial charge in [-0.3, -0.25) is 24.2 Å². The van der Waals surface area contributed by atoms with E-state index in [0.29, 0.717) is 38.4 Å². The molecule has 2 fully saturated rings. The third-order valence-electron chi connectivity index (χ3n) is 7.85. The molecule has 2 saturated heterocycles. The van der Waals surface area contributed by atoms with Crippen LogP contribution in [0.15, 0.2) is 0 Å². The lowest BCUT2D eigenvalue weighted by molar-refractivity contribution is -0.157. The molecular weight excluding hydrogens is 434 g/mol. The maximum Gasteiger partial charge on any atom is 0.316 e. The second-order valence-electron chi connectivity index (χ2n) is 11.2. The Labute approximate surface area is 206 Å². The maximum absolute atomic E-state index is 12.9. The van der Waals surface area contributed by atoms with E-state index in [1.807, 2.05) is 18.9 Å². The van der Waals surface area contributed by atoms with Crippen LogP contribution in [-0.4, -0.2) is 104 Å². The first-order valence-corrected chi connectivity index (χ1v) is 12.8. The summed E-state index contributed by atoms with van der Waals surface area (Å²) in [6.45, 7) is 11.7. The SMILES string of the molecule is CO[C@]1(C)CCCN(C)C2(CCN(C(=O)CN(C)CC(C)C)CC2)COC(=O)C(C)C(=O)CC1. The molecule has 8 heteroatoms. The molecule has 2 rings (SSSR count). The van der Waals surface area contributed by atoms with Gasteiger partial charge < -0.3 is 14.4 Å². The number of ketones is 1. The Balaban J connectivity index is 2.11. The van der Waals surface area contributed by atoms with Crippen molar-refractivity contribution in [1.82, 2.24) is 14.7 Å². The number of carbonyl (C=O) groups excluding carboxylic acids is 3. The summed E-state index contributed by atoms with van der Waals surface area (Å²) in [5, 5.41) is 0. The number of likely N-dealkylation sites (N-methyl/N-ethyl adjacent to an activating group) is 2. The zero-order chi connectivity index (χ0) is 25.5. The van der Waals surface area contributed by atoms with Crippen molar-refractivity contribution in [2.75, 3.05) is 60.5 Å². The van der Waals surface area contributed by atoms with E-state index < -0.39 is 11.9 Å². The summed E-state index contributed by atoms with van der Waals surface area (Å²) in [4.78, 5) is 44.5.